The average molecular weight is 312 g/mol. The Balaban J connectivity index is 3.89. The quantitative estimate of drug-likeness (QED) is 0.450. The number of aliphatic hydroxyl groups is 1. The van der Waals surface area contributed by atoms with Crippen molar-refractivity contribution < 1.29 is 32.7 Å². The van der Waals surface area contributed by atoms with Crippen molar-refractivity contribution in [2.75, 3.05) is 27.4 Å². The van der Waals surface area contributed by atoms with Crippen molar-refractivity contribution in [1.29, 1.82) is 0 Å². The van der Waals surface area contributed by atoms with Crippen LogP contribution in [0.5, 0.6) is 0 Å². The summed E-state index contributed by atoms with van der Waals surface area (Å²) in [5, 5.41) is 9.31. The lowest BCUT2D eigenvalue weighted by Crippen LogP contribution is -2.20. The molecule has 0 saturated carbocycles. The van der Waals surface area contributed by atoms with Gasteiger partial charge in [-0.15, -0.1) is 0 Å². The van der Waals surface area contributed by atoms with Gasteiger partial charge in [0.15, 0.2) is 0 Å². The molecule has 0 saturated heterocycles. The van der Waals surface area contributed by atoms with Crippen LogP contribution < -0.4 is 0 Å². The lowest BCUT2D eigenvalue weighted by Gasteiger charge is -2.17. The van der Waals surface area contributed by atoms with Crippen molar-refractivity contribution in [3.63, 3.8) is 0 Å². The van der Waals surface area contributed by atoms with Gasteiger partial charge in [0.2, 0.25) is 0 Å². The van der Waals surface area contributed by atoms with E-state index in [2.05, 4.69) is 37.6 Å². The second kappa shape index (κ2) is 7.43. The summed E-state index contributed by atoms with van der Waals surface area (Å²) in [4.78, 5) is 9.18. The van der Waals surface area contributed by atoms with Crippen LogP contribution in [-0.2, 0) is 34.5 Å². The first-order valence-electron chi connectivity index (χ1n) is 3.96. The maximum absolute atomic E-state index is 11.1. The van der Waals surface area contributed by atoms with Crippen LogP contribution in [0, 0.1) is 0 Å². The first-order chi connectivity index (χ1) is 7.22. The number of aliphatic hydroxyl groups excluding tert-OH is 1. The van der Waals surface area contributed by atoms with Crippen LogP contribution in [0.4, 0.5) is 0 Å². The highest BCUT2D eigenvalue weighted by Gasteiger charge is 2.20. The Morgan fingerprint density at radius 2 is 1.81 bits per heavy atom. The molecule has 16 heavy (non-hydrogen) atoms. The van der Waals surface area contributed by atoms with E-state index < -0.39 is 19.6 Å². The van der Waals surface area contributed by atoms with Gasteiger partial charge in [0.05, 0.1) is 13.2 Å². The highest BCUT2D eigenvalue weighted by atomic mass is 32.7. The molecule has 0 fully saturated rings. The Hall–Kier alpha value is 0.990. The summed E-state index contributed by atoms with van der Waals surface area (Å²) >= 11 is 8.10. The van der Waals surface area contributed by atoms with Crippen molar-refractivity contribution in [2.45, 2.75) is 6.10 Å². The molecule has 0 aromatic rings. The first-order valence-corrected chi connectivity index (χ1v) is 9.25. The van der Waals surface area contributed by atoms with Crippen LogP contribution in [0.2, 0.25) is 0 Å². The van der Waals surface area contributed by atoms with Gasteiger partial charge in [-0.3, -0.25) is 4.52 Å². The third kappa shape index (κ3) is 8.14. The van der Waals surface area contributed by atoms with Crippen LogP contribution in [0.15, 0.2) is 0 Å². The van der Waals surface area contributed by atoms with Gasteiger partial charge in [-0.25, -0.2) is 4.57 Å². The van der Waals surface area contributed by atoms with E-state index in [0.717, 1.165) is 7.11 Å². The fourth-order valence-electron chi connectivity index (χ4n) is 0.514. The van der Waals surface area contributed by atoms with Gasteiger partial charge in [-0.05, 0) is 11.8 Å². The van der Waals surface area contributed by atoms with E-state index in [1.165, 1.54) is 7.11 Å². The second-order valence-corrected chi connectivity index (χ2v) is 8.52. The topological polar surface area (TPSA) is 94.5 Å². The maximum atomic E-state index is 11.1. The molecule has 7 nitrogen and oxygen atoms in total. The summed E-state index contributed by atoms with van der Waals surface area (Å²) in [5.41, 5.74) is 0. The average Bonchev–Trinajstić information content (AvgIpc) is 2.24. The number of hydrogen-bond acceptors (Lipinski definition) is 7. The second-order valence-electron chi connectivity index (χ2n) is 2.55. The SMILES string of the molecule is COP(=O)(S)OCC(O)COP(O)(=S)OC. The fraction of sp³-hybridized carbons (Fsp3) is 1.00. The van der Waals surface area contributed by atoms with E-state index in [9.17, 15) is 14.6 Å². The van der Waals surface area contributed by atoms with Gasteiger partial charge in [0, 0.05) is 14.2 Å². The highest BCUT2D eigenvalue weighted by molar-refractivity contribution is 8.44. The lowest BCUT2D eigenvalue weighted by molar-refractivity contribution is 0.0522. The molecular weight excluding hydrogens is 298 g/mol. The summed E-state index contributed by atoms with van der Waals surface area (Å²) in [6, 6.07) is 0. The number of hydrogen-bond donors (Lipinski definition) is 3. The van der Waals surface area contributed by atoms with Gasteiger partial charge in [0.1, 0.15) is 6.10 Å². The van der Waals surface area contributed by atoms with Crippen molar-refractivity contribution in [3.8, 4) is 0 Å². The van der Waals surface area contributed by atoms with Crippen LogP contribution in [0.25, 0.3) is 0 Å². The van der Waals surface area contributed by atoms with Gasteiger partial charge in [-0.1, -0.05) is 12.2 Å². The minimum atomic E-state index is -3.43. The lowest BCUT2D eigenvalue weighted by atomic mass is 10.4. The Kier molecular flexibility index (Phi) is 7.89. The largest absolute Gasteiger partial charge is 0.388 e. The summed E-state index contributed by atoms with van der Waals surface area (Å²) in [6.07, 6.45) is -1.12. The Bertz CT molecular complexity index is 271. The van der Waals surface area contributed by atoms with E-state index in [1.54, 1.807) is 0 Å². The van der Waals surface area contributed by atoms with E-state index in [4.69, 9.17) is 4.52 Å². The van der Waals surface area contributed by atoms with Crippen LogP contribution in [0.3, 0.4) is 0 Å². The van der Waals surface area contributed by atoms with E-state index in [-0.39, 0.29) is 13.2 Å². The third-order valence-corrected chi connectivity index (χ3v) is 4.79. The zero-order valence-corrected chi connectivity index (χ0v) is 12.2. The normalized spacial score (nSPS) is 21.1. The van der Waals surface area contributed by atoms with E-state index in [1.807, 2.05) is 0 Å². The zero-order chi connectivity index (χ0) is 12.8. The molecule has 98 valence electrons. The van der Waals surface area contributed by atoms with Crippen LogP contribution in [-0.4, -0.2) is 43.5 Å². The molecule has 0 aromatic carbocycles. The predicted octanol–water partition coefficient (Wildman–Crippen LogP) is 0.928. The highest BCUT2D eigenvalue weighted by Crippen LogP contribution is 2.52. The molecule has 0 aromatic heterocycles. The van der Waals surface area contributed by atoms with Gasteiger partial charge in [-0.2, -0.15) is 0 Å². The summed E-state index contributed by atoms with van der Waals surface area (Å²) in [7, 11) is 2.35. The Morgan fingerprint density at radius 3 is 2.25 bits per heavy atom. The van der Waals surface area contributed by atoms with Crippen LogP contribution in [0.1, 0.15) is 0 Å². The summed E-state index contributed by atoms with van der Waals surface area (Å²) in [5.74, 6) is 0. The molecule has 3 atom stereocenters. The molecule has 0 radical (unpaired) electrons. The van der Waals surface area contributed by atoms with Crippen LogP contribution >= 0.6 is 25.8 Å². The fourth-order valence-corrected chi connectivity index (χ4v) is 1.83. The molecule has 0 amide bonds. The minimum Gasteiger partial charge on any atom is -0.388 e. The van der Waals surface area contributed by atoms with Gasteiger partial charge < -0.3 is 23.6 Å². The number of thiol groups is 1. The van der Waals surface area contributed by atoms with Crippen molar-refractivity contribution in [1.82, 2.24) is 0 Å². The molecule has 11 heteroatoms. The predicted molar refractivity (Wildman–Crippen MR) is 65.0 cm³/mol. The van der Waals surface area contributed by atoms with Crippen molar-refractivity contribution in [2.24, 2.45) is 0 Å². The maximum Gasteiger partial charge on any atom is 0.385 e. The molecule has 0 aliphatic rings. The molecule has 0 aliphatic heterocycles. The molecule has 2 N–H and O–H groups in total. The van der Waals surface area contributed by atoms with Crippen molar-refractivity contribution >= 4 is 37.6 Å². The van der Waals surface area contributed by atoms with E-state index >= 15 is 0 Å². The summed E-state index contributed by atoms with van der Waals surface area (Å²) in [6.45, 7) is -7.36. The minimum absolute atomic E-state index is 0.306. The Labute approximate surface area is 104 Å². The van der Waals surface area contributed by atoms with E-state index in [0.29, 0.717) is 0 Å². The smallest absolute Gasteiger partial charge is 0.385 e. The molecule has 0 rings (SSSR count). The molecule has 0 bridgehead atoms. The molecule has 3 unspecified atom stereocenters. The third-order valence-electron chi connectivity index (χ3n) is 1.32. The molecule has 0 aliphatic carbocycles. The molecule has 0 spiro atoms. The standard InChI is InChI=1S/C5H14O7P2S2/c1-9-13(7,15)11-3-5(6)4-12-14(8,16)10-2/h5-6H,3-4H2,1-2H3,(H,7,15)(H,8,16). The Morgan fingerprint density at radius 1 is 1.31 bits per heavy atom. The summed E-state index contributed by atoms with van der Waals surface area (Å²) < 4.78 is 29.4. The van der Waals surface area contributed by atoms with Gasteiger partial charge >= 0.3 is 13.5 Å². The van der Waals surface area contributed by atoms with Crippen molar-refractivity contribution in [3.05, 3.63) is 0 Å². The molecular formula is C5H14O7P2S2. The zero-order valence-electron chi connectivity index (χ0n) is 8.68. The first kappa shape index (κ1) is 17.0. The van der Waals surface area contributed by atoms with Gasteiger partial charge in [0.25, 0.3) is 0 Å². The monoisotopic (exact) mass is 312 g/mol. The molecule has 0 heterocycles. The number of rotatable bonds is 8.